The summed E-state index contributed by atoms with van der Waals surface area (Å²) >= 11 is 0. The Kier molecular flexibility index (Phi) is 2.56. The molecule has 3 unspecified atom stereocenters. The van der Waals surface area contributed by atoms with Crippen molar-refractivity contribution in [3.63, 3.8) is 0 Å². The molecule has 3 heteroatoms. The molecule has 0 amide bonds. The Hall–Kier alpha value is -1.12. The van der Waals surface area contributed by atoms with Gasteiger partial charge in [0.25, 0.3) is 0 Å². The minimum atomic E-state index is -0.131. The Morgan fingerprint density at radius 1 is 1.00 bits per heavy atom. The molecule has 1 saturated heterocycles. The third kappa shape index (κ3) is 1.58. The van der Waals surface area contributed by atoms with Crippen molar-refractivity contribution in [1.29, 1.82) is 0 Å². The summed E-state index contributed by atoms with van der Waals surface area (Å²) in [6, 6.07) is 0. The van der Waals surface area contributed by atoms with Crippen LogP contribution in [0.3, 0.4) is 0 Å². The molecule has 6 fully saturated rings. The molecule has 0 aromatic carbocycles. The van der Waals surface area contributed by atoms with E-state index in [1.807, 2.05) is 0 Å². The van der Waals surface area contributed by atoms with Gasteiger partial charge in [-0.25, -0.2) is 0 Å². The van der Waals surface area contributed by atoms with Crippen LogP contribution in [0.1, 0.15) is 65.2 Å². The van der Waals surface area contributed by atoms with Crippen LogP contribution in [-0.4, -0.2) is 17.4 Å². The van der Waals surface area contributed by atoms with Crippen molar-refractivity contribution in [2.24, 2.45) is 52.3 Å². The number of rotatable bonds is 0. The fourth-order valence-corrected chi connectivity index (χ4v) is 9.74. The molecule has 6 aliphatic carbocycles. The van der Waals surface area contributed by atoms with Crippen molar-refractivity contribution >= 4 is 11.8 Å². The first-order valence-corrected chi connectivity index (χ1v) is 11.4. The number of allylic oxidation sites excluding steroid dienone is 1. The molecular formula is C24H30O3. The topological polar surface area (TPSA) is 43.4 Å². The first-order chi connectivity index (χ1) is 12.9. The van der Waals surface area contributed by atoms with E-state index in [0.29, 0.717) is 24.0 Å². The predicted molar refractivity (Wildman–Crippen MR) is 99.5 cm³/mol. The minimum absolute atomic E-state index is 0.0561. The van der Waals surface area contributed by atoms with Gasteiger partial charge in [-0.3, -0.25) is 9.59 Å². The van der Waals surface area contributed by atoms with Crippen LogP contribution in [0.4, 0.5) is 0 Å². The summed E-state index contributed by atoms with van der Waals surface area (Å²) < 4.78 is 6.22. The quantitative estimate of drug-likeness (QED) is 0.472. The summed E-state index contributed by atoms with van der Waals surface area (Å²) in [6.07, 6.45) is 10.6. The van der Waals surface area contributed by atoms with Crippen molar-refractivity contribution < 1.29 is 14.3 Å². The highest BCUT2D eigenvalue weighted by Crippen LogP contribution is 2.82. The molecule has 0 radical (unpaired) electrons. The maximum absolute atomic E-state index is 12.2. The number of ketones is 1. The molecule has 1 heterocycles. The van der Waals surface area contributed by atoms with E-state index in [1.54, 1.807) is 0 Å². The number of fused-ring (bicyclic) bond motifs is 12. The van der Waals surface area contributed by atoms with Crippen molar-refractivity contribution in [3.05, 3.63) is 11.6 Å². The fraction of sp³-hybridized carbons (Fsp3) is 0.833. The molecule has 3 nitrogen and oxygen atoms in total. The first kappa shape index (κ1) is 15.8. The molecule has 5 saturated carbocycles. The highest BCUT2D eigenvalue weighted by atomic mass is 16.7. The molecule has 0 aromatic rings. The Morgan fingerprint density at radius 2 is 1.85 bits per heavy atom. The third-order valence-electron chi connectivity index (χ3n) is 10.9. The molecule has 0 bridgehead atoms. The lowest BCUT2D eigenvalue weighted by Gasteiger charge is -2.60. The SMILES string of the molecule is C[C@]12CCC(=O)C=C1[C@@H]1C[C@@H]1[C@@H]1C2CC[C@@]2(C)C1C1C[C@@H]1[C@@]21[13CH2][13CH2][13C](=O)O1. The highest BCUT2D eigenvalue weighted by molar-refractivity contribution is 5.92. The van der Waals surface area contributed by atoms with E-state index in [-0.39, 0.29) is 22.4 Å². The summed E-state index contributed by atoms with van der Waals surface area (Å²) in [7, 11) is 0. The summed E-state index contributed by atoms with van der Waals surface area (Å²) in [4.78, 5) is 24.3. The fourth-order valence-electron chi connectivity index (χ4n) is 9.74. The standard InChI is InChI=1S/C24H30O3/c1-22-6-3-12(25)9-17(22)13-10-14(13)20-16(22)4-7-23(2)21(20)15-11-18(15)24(23)8-5-19(26)27-24/h9,13-16,18,20-21H,3-8,10-11H2,1-2H3/t13-,14+,15?,16?,18+,20-,21?,22-,23+,24+/m1/s1/i5+1,8+1,19+1. The van der Waals surface area contributed by atoms with E-state index in [9.17, 15) is 9.59 Å². The van der Waals surface area contributed by atoms with Gasteiger partial charge in [-0.2, -0.15) is 0 Å². The molecule has 1 spiro atoms. The van der Waals surface area contributed by atoms with Gasteiger partial charge in [0, 0.05) is 24.2 Å². The molecule has 0 N–H and O–H groups in total. The third-order valence-corrected chi connectivity index (χ3v) is 10.9. The second-order valence-corrected chi connectivity index (χ2v) is 11.5. The second kappa shape index (κ2) is 4.39. The van der Waals surface area contributed by atoms with E-state index in [0.717, 1.165) is 48.9 Å². The largest absolute Gasteiger partial charge is 0.458 e. The maximum atomic E-state index is 12.2. The lowest BCUT2D eigenvalue weighted by Crippen LogP contribution is -2.57. The minimum Gasteiger partial charge on any atom is -0.458 e. The van der Waals surface area contributed by atoms with Gasteiger partial charge < -0.3 is 4.74 Å². The Balaban J connectivity index is 1.33. The highest BCUT2D eigenvalue weighted by Gasteiger charge is 2.81. The molecule has 144 valence electrons. The maximum Gasteiger partial charge on any atom is 0.306 e. The predicted octanol–water partition coefficient (Wildman–Crippen LogP) is 4.31. The van der Waals surface area contributed by atoms with Gasteiger partial charge in [-0.15, -0.1) is 0 Å². The lowest BCUT2D eigenvalue weighted by molar-refractivity contribution is -0.177. The monoisotopic (exact) mass is 369 g/mol. The van der Waals surface area contributed by atoms with Crippen LogP contribution in [0.5, 0.6) is 0 Å². The lowest BCUT2D eigenvalue weighted by atomic mass is 9.46. The number of ether oxygens (including phenoxy) is 1. The zero-order chi connectivity index (χ0) is 18.3. The number of hydrogen-bond donors (Lipinski definition) is 0. The van der Waals surface area contributed by atoms with Gasteiger partial charge in [-0.1, -0.05) is 19.4 Å². The van der Waals surface area contributed by atoms with Crippen LogP contribution in [0.15, 0.2) is 11.6 Å². The number of hydrogen-bond acceptors (Lipinski definition) is 3. The number of carbonyl (C=O) groups is 2. The van der Waals surface area contributed by atoms with E-state index in [4.69, 9.17) is 4.74 Å². The molecule has 7 rings (SSSR count). The van der Waals surface area contributed by atoms with Crippen LogP contribution in [-0.2, 0) is 14.3 Å². The number of esters is 1. The second-order valence-electron chi connectivity index (χ2n) is 11.5. The van der Waals surface area contributed by atoms with Crippen LogP contribution < -0.4 is 0 Å². The van der Waals surface area contributed by atoms with Gasteiger partial charge in [0.1, 0.15) is 5.60 Å². The van der Waals surface area contributed by atoms with Crippen LogP contribution in [0.25, 0.3) is 0 Å². The smallest absolute Gasteiger partial charge is 0.306 e. The molecule has 0 aromatic heterocycles. The van der Waals surface area contributed by atoms with E-state index >= 15 is 0 Å². The van der Waals surface area contributed by atoms with Crippen molar-refractivity contribution in [3.8, 4) is 0 Å². The van der Waals surface area contributed by atoms with Gasteiger partial charge in [0.2, 0.25) is 0 Å². The normalized spacial score (nSPS) is 62.0. The zero-order valence-electron chi connectivity index (χ0n) is 16.5. The Morgan fingerprint density at radius 3 is 2.63 bits per heavy atom. The average molecular weight is 369 g/mol. The molecule has 7 aliphatic rings. The van der Waals surface area contributed by atoms with Crippen molar-refractivity contribution in [1.82, 2.24) is 0 Å². The van der Waals surface area contributed by atoms with E-state index in [1.165, 1.54) is 31.3 Å². The first-order valence-electron chi connectivity index (χ1n) is 11.4. The van der Waals surface area contributed by atoms with Gasteiger partial charge in [-0.05, 0) is 85.5 Å². The molecule has 27 heavy (non-hydrogen) atoms. The van der Waals surface area contributed by atoms with Crippen molar-refractivity contribution in [2.45, 2.75) is 70.8 Å². The van der Waals surface area contributed by atoms with Crippen LogP contribution in [0, 0.1) is 52.3 Å². The van der Waals surface area contributed by atoms with E-state index in [2.05, 4.69) is 19.9 Å². The van der Waals surface area contributed by atoms with Crippen LogP contribution in [0.2, 0.25) is 0 Å². The molecule has 10 atom stereocenters. The van der Waals surface area contributed by atoms with Crippen molar-refractivity contribution in [2.75, 3.05) is 0 Å². The summed E-state index contributed by atoms with van der Waals surface area (Å²) in [6.45, 7) is 4.99. The van der Waals surface area contributed by atoms with E-state index < -0.39 is 0 Å². The summed E-state index contributed by atoms with van der Waals surface area (Å²) in [5.74, 6) is 5.65. The zero-order valence-corrected chi connectivity index (χ0v) is 16.5. The van der Waals surface area contributed by atoms with Crippen LogP contribution >= 0.6 is 0 Å². The average Bonchev–Trinajstić information content (AvgIpc) is 3.53. The summed E-state index contributed by atoms with van der Waals surface area (Å²) in [5.41, 5.74) is 1.85. The van der Waals surface area contributed by atoms with Gasteiger partial charge in [0.05, 0.1) is 0 Å². The number of carbonyl (C=O) groups excluding carboxylic acids is 2. The Labute approximate surface area is 161 Å². The molecular weight excluding hydrogens is 339 g/mol. The van der Waals surface area contributed by atoms with Gasteiger partial charge in [0.15, 0.2) is 5.78 Å². The summed E-state index contributed by atoms with van der Waals surface area (Å²) in [5, 5.41) is 0. The van der Waals surface area contributed by atoms with Gasteiger partial charge >= 0.3 is 5.97 Å². The Bertz CT molecular complexity index is 827. The molecule has 1 aliphatic heterocycles.